The van der Waals surface area contributed by atoms with Crippen molar-refractivity contribution in [2.45, 2.75) is 13.1 Å². The van der Waals surface area contributed by atoms with Crippen LogP contribution in [0.4, 0.5) is 0 Å². The lowest BCUT2D eigenvalue weighted by Gasteiger charge is -2.31. The molecule has 0 radical (unpaired) electrons. The summed E-state index contributed by atoms with van der Waals surface area (Å²) in [5.74, 6) is -0.209. The molecule has 0 spiro atoms. The summed E-state index contributed by atoms with van der Waals surface area (Å²) in [4.78, 5) is 34.1. The Kier molecular flexibility index (Phi) is 9.48. The van der Waals surface area contributed by atoms with E-state index >= 15 is 0 Å². The normalized spacial score (nSPS) is 14.0. The van der Waals surface area contributed by atoms with Crippen LogP contribution >= 0.6 is 27.3 Å². The molecule has 6 nitrogen and oxygen atoms in total. The Morgan fingerprint density at radius 3 is 2.37 bits per heavy atom. The van der Waals surface area contributed by atoms with E-state index < -0.39 is 0 Å². The molecule has 0 aliphatic carbocycles. The highest BCUT2D eigenvalue weighted by atomic mass is 79.9. The molecule has 8 heteroatoms. The quantitative estimate of drug-likeness (QED) is 0.369. The van der Waals surface area contributed by atoms with E-state index in [1.165, 1.54) is 0 Å². The lowest BCUT2D eigenvalue weighted by molar-refractivity contribution is -0.133. The van der Waals surface area contributed by atoms with Crippen molar-refractivity contribution in [3.63, 3.8) is 0 Å². The monoisotopic (exact) mass is 555 g/mol. The van der Waals surface area contributed by atoms with E-state index in [-0.39, 0.29) is 18.4 Å². The highest BCUT2D eigenvalue weighted by Crippen LogP contribution is 2.19. The van der Waals surface area contributed by atoms with Crippen LogP contribution in [0.3, 0.4) is 0 Å². The van der Waals surface area contributed by atoms with Gasteiger partial charge in [-0.05, 0) is 45.1 Å². The topological polar surface area (TPSA) is 53.1 Å². The van der Waals surface area contributed by atoms with E-state index in [4.69, 9.17) is 4.74 Å². The second-order valence-electron chi connectivity index (χ2n) is 8.48. The Morgan fingerprint density at radius 2 is 1.66 bits per heavy atom. The van der Waals surface area contributed by atoms with Crippen LogP contribution in [0.1, 0.15) is 20.8 Å². The molecule has 184 valence electrons. The molecule has 0 atom stereocenters. The lowest BCUT2D eigenvalue weighted by Crippen LogP contribution is -2.47. The van der Waals surface area contributed by atoms with Crippen LogP contribution in [0.25, 0.3) is 0 Å². The van der Waals surface area contributed by atoms with E-state index in [1.54, 1.807) is 22.3 Å². The number of carbonyl (C=O) groups is 2. The zero-order valence-corrected chi connectivity index (χ0v) is 22.0. The maximum Gasteiger partial charge on any atom is 0.255 e. The number of morpholine rings is 1. The summed E-state index contributed by atoms with van der Waals surface area (Å²) >= 11 is 5.14. The molecule has 1 saturated heterocycles. The molecule has 1 fully saturated rings. The predicted molar refractivity (Wildman–Crippen MR) is 142 cm³/mol. The molecule has 1 aromatic heterocycles. The van der Waals surface area contributed by atoms with Gasteiger partial charge in [-0.15, -0.1) is 11.3 Å². The molecule has 2 aromatic carbocycles. The number of thiophene rings is 1. The number of halogens is 1. The fourth-order valence-electron chi connectivity index (χ4n) is 4.03. The molecule has 3 aromatic rings. The van der Waals surface area contributed by atoms with Gasteiger partial charge in [0.05, 0.1) is 25.3 Å². The first kappa shape index (κ1) is 25.6. The number of hydrogen-bond acceptors (Lipinski definition) is 5. The van der Waals surface area contributed by atoms with Crippen LogP contribution in [0.2, 0.25) is 0 Å². The summed E-state index contributed by atoms with van der Waals surface area (Å²) in [7, 11) is 0. The summed E-state index contributed by atoms with van der Waals surface area (Å²) < 4.78 is 6.18. The molecule has 4 rings (SSSR count). The number of benzene rings is 2. The molecule has 0 unspecified atom stereocenters. The molecule has 0 N–H and O–H groups in total. The summed E-state index contributed by atoms with van der Waals surface area (Å²) in [6.07, 6.45) is 0. The predicted octanol–water partition coefficient (Wildman–Crippen LogP) is 4.51. The van der Waals surface area contributed by atoms with Gasteiger partial charge < -0.3 is 14.5 Å². The first-order valence-electron chi connectivity index (χ1n) is 11.8. The van der Waals surface area contributed by atoms with E-state index in [2.05, 4.69) is 20.8 Å². The van der Waals surface area contributed by atoms with Gasteiger partial charge in [-0.1, -0.05) is 48.5 Å². The van der Waals surface area contributed by atoms with Crippen molar-refractivity contribution in [1.29, 1.82) is 0 Å². The highest BCUT2D eigenvalue weighted by molar-refractivity contribution is 9.10. The lowest BCUT2D eigenvalue weighted by atomic mass is 10.2. The van der Waals surface area contributed by atoms with Gasteiger partial charge in [-0.2, -0.15) is 0 Å². The minimum atomic E-state index is -0.144. The number of nitrogens with zero attached hydrogens (tertiary/aromatic N) is 3. The van der Waals surface area contributed by atoms with Gasteiger partial charge in [0.25, 0.3) is 5.91 Å². The van der Waals surface area contributed by atoms with Crippen molar-refractivity contribution in [1.82, 2.24) is 14.7 Å². The molecular weight excluding hydrogens is 526 g/mol. The average Bonchev–Trinajstić information content (AvgIpc) is 3.40. The van der Waals surface area contributed by atoms with Gasteiger partial charge in [0.15, 0.2) is 0 Å². The van der Waals surface area contributed by atoms with Gasteiger partial charge in [-0.3, -0.25) is 14.5 Å². The van der Waals surface area contributed by atoms with Gasteiger partial charge in [-0.25, -0.2) is 0 Å². The fourth-order valence-corrected chi connectivity index (χ4v) is 5.21. The maximum absolute atomic E-state index is 13.6. The van der Waals surface area contributed by atoms with Crippen molar-refractivity contribution < 1.29 is 14.3 Å². The molecule has 1 aliphatic rings. The summed E-state index contributed by atoms with van der Waals surface area (Å²) in [5.41, 5.74) is 1.63. The average molecular weight is 557 g/mol. The third kappa shape index (κ3) is 7.48. The first-order chi connectivity index (χ1) is 17.1. The van der Waals surface area contributed by atoms with Gasteiger partial charge in [0.1, 0.15) is 6.54 Å². The Morgan fingerprint density at radius 1 is 0.914 bits per heavy atom. The number of ether oxygens (including phenoxy) is 1. The van der Waals surface area contributed by atoms with E-state index in [0.717, 1.165) is 28.0 Å². The summed E-state index contributed by atoms with van der Waals surface area (Å²) in [6.45, 7) is 5.30. The first-order valence-corrected chi connectivity index (χ1v) is 13.5. The number of carbonyl (C=O) groups excluding carboxylic acids is 2. The van der Waals surface area contributed by atoms with Gasteiger partial charge >= 0.3 is 0 Å². The Bertz CT molecular complexity index is 1090. The second-order valence-corrected chi connectivity index (χ2v) is 10.4. The molecule has 2 amide bonds. The number of hydrogen-bond donors (Lipinski definition) is 0. The third-order valence-corrected chi connectivity index (χ3v) is 7.56. The standard InChI is InChI=1S/C27H30BrN3O3S/c28-25-11-5-4-10-24(25)27(33)30(13-12-29-14-16-34-17-15-29)21-26(32)31(20-23-9-6-18-35-23)19-22-7-2-1-3-8-22/h1-11,18H,12-17,19-21H2. The zero-order chi connectivity index (χ0) is 24.5. The van der Waals surface area contributed by atoms with Gasteiger partial charge in [0, 0.05) is 42.1 Å². The zero-order valence-electron chi connectivity index (χ0n) is 19.6. The minimum absolute atomic E-state index is 0.0305. The number of rotatable bonds is 10. The molecular formula is C27H30BrN3O3S. The van der Waals surface area contributed by atoms with Gasteiger partial charge in [0.2, 0.25) is 5.91 Å². The van der Waals surface area contributed by atoms with Crippen LogP contribution < -0.4 is 0 Å². The van der Waals surface area contributed by atoms with Crippen LogP contribution in [0.5, 0.6) is 0 Å². The van der Waals surface area contributed by atoms with Crippen LogP contribution in [0.15, 0.2) is 76.6 Å². The molecule has 0 bridgehead atoms. The second kappa shape index (κ2) is 13.0. The Labute approximate surface area is 219 Å². The fraction of sp³-hybridized carbons (Fsp3) is 0.333. The molecule has 35 heavy (non-hydrogen) atoms. The van der Waals surface area contributed by atoms with E-state index in [9.17, 15) is 9.59 Å². The number of amides is 2. The van der Waals surface area contributed by atoms with Crippen LogP contribution in [-0.2, 0) is 22.6 Å². The summed E-state index contributed by atoms with van der Waals surface area (Å²) in [5, 5.41) is 2.02. The smallest absolute Gasteiger partial charge is 0.255 e. The Hall–Kier alpha value is -2.52. The van der Waals surface area contributed by atoms with Crippen molar-refractivity contribution in [3.05, 3.63) is 92.6 Å². The highest BCUT2D eigenvalue weighted by Gasteiger charge is 2.25. The summed E-state index contributed by atoms with van der Waals surface area (Å²) in [6, 6.07) is 21.4. The van der Waals surface area contributed by atoms with Crippen molar-refractivity contribution in [2.24, 2.45) is 0 Å². The largest absolute Gasteiger partial charge is 0.379 e. The third-order valence-electron chi connectivity index (χ3n) is 6.00. The minimum Gasteiger partial charge on any atom is -0.379 e. The van der Waals surface area contributed by atoms with Crippen molar-refractivity contribution in [3.8, 4) is 0 Å². The van der Waals surface area contributed by atoms with Crippen LogP contribution in [0, 0.1) is 0 Å². The maximum atomic E-state index is 13.6. The molecule has 1 aliphatic heterocycles. The molecule has 0 saturated carbocycles. The molecule has 2 heterocycles. The van der Waals surface area contributed by atoms with E-state index in [1.807, 2.05) is 70.9 Å². The van der Waals surface area contributed by atoms with E-state index in [0.29, 0.717) is 45.0 Å². The SMILES string of the molecule is O=C(CN(CCN1CCOCC1)C(=O)c1ccccc1Br)N(Cc1ccccc1)Cc1cccs1. The van der Waals surface area contributed by atoms with Crippen molar-refractivity contribution in [2.75, 3.05) is 45.9 Å². The van der Waals surface area contributed by atoms with Crippen molar-refractivity contribution >= 4 is 39.1 Å². The van der Waals surface area contributed by atoms with Crippen LogP contribution in [-0.4, -0.2) is 72.5 Å². The Balaban J connectivity index is 1.52.